The van der Waals surface area contributed by atoms with Crippen molar-refractivity contribution in [2.24, 2.45) is 0 Å². The molecule has 0 spiro atoms. The second-order valence-corrected chi connectivity index (χ2v) is 5.61. The van der Waals surface area contributed by atoms with Gasteiger partial charge in [0, 0.05) is 25.4 Å². The van der Waals surface area contributed by atoms with Crippen LogP contribution in [0.3, 0.4) is 0 Å². The molecule has 0 radical (unpaired) electrons. The molecule has 0 aliphatic heterocycles. The van der Waals surface area contributed by atoms with Gasteiger partial charge in [-0.25, -0.2) is 9.37 Å². The third-order valence-electron chi connectivity index (χ3n) is 3.14. The van der Waals surface area contributed by atoms with Crippen molar-refractivity contribution in [2.75, 3.05) is 12.9 Å². The fourth-order valence-corrected chi connectivity index (χ4v) is 2.66. The zero-order chi connectivity index (χ0) is 14.9. The number of halogens is 3. The lowest BCUT2D eigenvalue weighted by atomic mass is 10.2. The quantitative estimate of drug-likeness (QED) is 0.850. The van der Waals surface area contributed by atoms with Crippen LogP contribution in [-0.4, -0.2) is 28.4 Å². The molecule has 1 heterocycles. The highest BCUT2D eigenvalue weighted by Gasteiger charge is 2.21. The second kappa shape index (κ2) is 6.10. The number of carbonyl (C=O) groups is 1. The number of likely N-dealkylation sites (N-methyl/N-ethyl adjacent to an activating group) is 1. The summed E-state index contributed by atoms with van der Waals surface area (Å²) >= 11 is 8.94. The number of nitrogens with zero attached hydrogens (tertiary/aromatic N) is 2. The van der Waals surface area contributed by atoms with Crippen molar-refractivity contribution in [3.8, 4) is 0 Å². The summed E-state index contributed by atoms with van der Waals surface area (Å²) < 4.78 is 15.7. The van der Waals surface area contributed by atoms with E-state index < -0.39 is 6.04 Å². The summed E-state index contributed by atoms with van der Waals surface area (Å²) in [7, 11) is 1.58. The molecule has 1 atom stereocenters. The number of hydrogen-bond acceptors (Lipinski definition) is 2. The molecule has 1 aromatic heterocycles. The van der Waals surface area contributed by atoms with Gasteiger partial charge in [0.25, 0.3) is 0 Å². The van der Waals surface area contributed by atoms with E-state index in [4.69, 9.17) is 11.6 Å². The number of hydrogen-bond donors (Lipinski definition) is 1. The zero-order valence-electron chi connectivity index (χ0n) is 11.1. The van der Waals surface area contributed by atoms with Gasteiger partial charge >= 0.3 is 0 Å². The highest BCUT2D eigenvalue weighted by Crippen LogP contribution is 2.27. The van der Waals surface area contributed by atoms with Gasteiger partial charge in [-0.3, -0.25) is 4.79 Å². The van der Waals surface area contributed by atoms with Gasteiger partial charge in [-0.15, -0.1) is 11.6 Å². The summed E-state index contributed by atoms with van der Waals surface area (Å²) in [5, 5.41) is 2.61. The molecule has 7 heteroatoms. The van der Waals surface area contributed by atoms with Gasteiger partial charge in [0.2, 0.25) is 5.91 Å². The van der Waals surface area contributed by atoms with Crippen LogP contribution >= 0.6 is 27.5 Å². The third-order valence-corrected chi connectivity index (χ3v) is 3.93. The van der Waals surface area contributed by atoms with Crippen LogP contribution in [0.5, 0.6) is 0 Å². The molecule has 1 amide bonds. The van der Waals surface area contributed by atoms with Crippen LogP contribution in [0.15, 0.2) is 16.6 Å². The van der Waals surface area contributed by atoms with Crippen LogP contribution in [0.2, 0.25) is 0 Å². The monoisotopic (exact) mass is 361 g/mol. The fourth-order valence-electron chi connectivity index (χ4n) is 2.16. The summed E-state index contributed by atoms with van der Waals surface area (Å²) in [5.41, 5.74) is 1.22. The van der Waals surface area contributed by atoms with Crippen molar-refractivity contribution >= 4 is 44.5 Å². The van der Waals surface area contributed by atoms with Crippen LogP contribution in [-0.2, 0) is 11.2 Å². The molecule has 0 saturated heterocycles. The Kier molecular flexibility index (Phi) is 4.65. The van der Waals surface area contributed by atoms with E-state index in [1.165, 1.54) is 6.07 Å². The molecule has 0 aliphatic carbocycles. The van der Waals surface area contributed by atoms with Crippen LogP contribution < -0.4 is 5.32 Å². The van der Waals surface area contributed by atoms with Crippen LogP contribution in [0.4, 0.5) is 4.39 Å². The van der Waals surface area contributed by atoms with E-state index in [-0.39, 0.29) is 11.7 Å². The number of benzene rings is 1. The topological polar surface area (TPSA) is 46.9 Å². The van der Waals surface area contributed by atoms with Gasteiger partial charge in [0.05, 0.1) is 15.5 Å². The van der Waals surface area contributed by atoms with E-state index in [0.29, 0.717) is 33.6 Å². The van der Waals surface area contributed by atoms with Gasteiger partial charge in [0.15, 0.2) is 0 Å². The average molecular weight is 363 g/mol. The molecule has 1 aromatic carbocycles. The van der Waals surface area contributed by atoms with Crippen LogP contribution in [0, 0.1) is 5.82 Å². The number of rotatable bonds is 4. The van der Waals surface area contributed by atoms with Crippen LogP contribution in [0.25, 0.3) is 11.0 Å². The highest BCUT2D eigenvalue weighted by molar-refractivity contribution is 9.10. The molecule has 2 rings (SSSR count). The number of aryl methyl sites for hydroxylation is 1. The van der Waals surface area contributed by atoms with Gasteiger partial charge in [0.1, 0.15) is 17.7 Å². The largest absolute Gasteiger partial charge is 0.357 e. The Morgan fingerprint density at radius 3 is 2.90 bits per heavy atom. The van der Waals surface area contributed by atoms with E-state index in [9.17, 15) is 9.18 Å². The molecular weight excluding hydrogens is 349 g/mol. The molecule has 0 fully saturated rings. The van der Waals surface area contributed by atoms with E-state index >= 15 is 0 Å². The Bertz CT molecular complexity index is 659. The first-order valence-corrected chi connectivity index (χ1v) is 7.45. The lowest BCUT2D eigenvalue weighted by Gasteiger charge is -2.16. The number of carbonyl (C=O) groups excluding carboxylic acids is 1. The smallest absolute Gasteiger partial charge is 0.242 e. The first-order chi connectivity index (χ1) is 9.49. The maximum Gasteiger partial charge on any atom is 0.242 e. The zero-order valence-corrected chi connectivity index (χ0v) is 13.4. The Balaban J connectivity index is 2.67. The Morgan fingerprint density at radius 1 is 1.60 bits per heavy atom. The molecule has 2 aromatic rings. The SMILES string of the molecule is CNC(=O)C(C)n1c(CCCl)nc2cc(F)c(Br)cc21. The number of amides is 1. The number of fused-ring (bicyclic) bond motifs is 1. The number of aromatic nitrogens is 2. The standard InChI is InChI=1S/C13H14BrClFN3O/c1-7(13(20)17-2)19-11-5-8(14)9(16)6-10(11)18-12(19)3-4-15/h5-7H,3-4H2,1-2H3,(H,17,20). The maximum absolute atomic E-state index is 13.6. The minimum absolute atomic E-state index is 0.138. The number of imidazole rings is 1. The first-order valence-electron chi connectivity index (χ1n) is 6.13. The van der Waals surface area contributed by atoms with Crippen molar-refractivity contribution in [2.45, 2.75) is 19.4 Å². The molecule has 4 nitrogen and oxygen atoms in total. The Morgan fingerprint density at radius 2 is 2.30 bits per heavy atom. The molecule has 1 unspecified atom stereocenters. The number of nitrogens with one attached hydrogen (secondary N) is 1. The van der Waals surface area contributed by atoms with E-state index in [1.54, 1.807) is 24.6 Å². The normalized spacial score (nSPS) is 12.7. The molecule has 20 heavy (non-hydrogen) atoms. The minimum Gasteiger partial charge on any atom is -0.357 e. The minimum atomic E-state index is -0.444. The molecule has 0 aliphatic rings. The third kappa shape index (κ3) is 2.67. The van der Waals surface area contributed by atoms with Crippen molar-refractivity contribution in [3.63, 3.8) is 0 Å². The fraction of sp³-hybridized carbons (Fsp3) is 0.385. The summed E-state index contributed by atoms with van der Waals surface area (Å²) in [4.78, 5) is 16.3. The average Bonchev–Trinajstić information content (AvgIpc) is 2.75. The summed E-state index contributed by atoms with van der Waals surface area (Å²) in [6.45, 7) is 1.77. The Hall–Kier alpha value is -1.14. The van der Waals surface area contributed by atoms with Crippen molar-refractivity contribution in [3.05, 3.63) is 28.2 Å². The van der Waals surface area contributed by atoms with E-state index in [1.807, 2.05) is 0 Å². The summed E-state index contributed by atoms with van der Waals surface area (Å²) in [5.74, 6) is 0.532. The lowest BCUT2D eigenvalue weighted by molar-refractivity contribution is -0.123. The maximum atomic E-state index is 13.6. The van der Waals surface area contributed by atoms with Gasteiger partial charge in [-0.2, -0.15) is 0 Å². The molecule has 108 valence electrons. The summed E-state index contributed by atoms with van der Waals surface area (Å²) in [6.07, 6.45) is 0.511. The Labute approximate surface area is 129 Å². The van der Waals surface area contributed by atoms with Crippen LogP contribution in [0.1, 0.15) is 18.8 Å². The second-order valence-electron chi connectivity index (χ2n) is 4.38. The van der Waals surface area contributed by atoms with Gasteiger partial charge in [-0.1, -0.05) is 0 Å². The van der Waals surface area contributed by atoms with E-state index in [2.05, 4.69) is 26.2 Å². The van der Waals surface area contributed by atoms with E-state index in [0.717, 1.165) is 0 Å². The van der Waals surface area contributed by atoms with Gasteiger partial charge in [-0.05, 0) is 28.9 Å². The molecule has 0 saturated carbocycles. The van der Waals surface area contributed by atoms with Crippen molar-refractivity contribution < 1.29 is 9.18 Å². The molecule has 1 N–H and O–H groups in total. The molecular formula is C13H14BrClFN3O. The predicted octanol–water partition coefficient (Wildman–Crippen LogP) is 3.03. The predicted molar refractivity (Wildman–Crippen MR) is 80.6 cm³/mol. The highest BCUT2D eigenvalue weighted by atomic mass is 79.9. The van der Waals surface area contributed by atoms with Gasteiger partial charge < -0.3 is 9.88 Å². The summed E-state index contributed by atoms with van der Waals surface area (Å²) in [6, 6.07) is 2.54. The number of alkyl halides is 1. The van der Waals surface area contributed by atoms with Crippen molar-refractivity contribution in [1.82, 2.24) is 14.9 Å². The lowest BCUT2D eigenvalue weighted by Crippen LogP contribution is -2.28. The first kappa shape index (κ1) is 15.3. The molecule has 0 bridgehead atoms. The van der Waals surface area contributed by atoms with Crippen molar-refractivity contribution in [1.29, 1.82) is 0 Å².